The first-order valence-corrected chi connectivity index (χ1v) is 7.21. The molecule has 0 unspecified atom stereocenters. The molecule has 0 aromatic heterocycles. The van der Waals surface area contributed by atoms with Gasteiger partial charge in [0.1, 0.15) is 0 Å². The number of carbonyl (C=O) groups excluding carboxylic acids is 1. The van der Waals surface area contributed by atoms with Crippen molar-refractivity contribution in [3.63, 3.8) is 0 Å². The number of carbonyl (C=O) groups is 2. The number of nitrogens with zero attached hydrogens (tertiary/aromatic N) is 2. The summed E-state index contributed by atoms with van der Waals surface area (Å²) in [4.78, 5) is 26.3. The molecular weight excluding hydrogens is 260 g/mol. The van der Waals surface area contributed by atoms with E-state index in [-0.39, 0.29) is 31.1 Å². The third kappa shape index (κ3) is 5.88. The lowest BCUT2D eigenvalue weighted by Gasteiger charge is -2.33. The summed E-state index contributed by atoms with van der Waals surface area (Å²) < 4.78 is 5.53. The minimum atomic E-state index is -0.829. The normalized spacial score (nSPS) is 17.4. The van der Waals surface area contributed by atoms with Crippen LogP contribution in [-0.2, 0) is 14.3 Å². The Labute approximate surface area is 120 Å². The second kappa shape index (κ2) is 8.21. The fourth-order valence-corrected chi connectivity index (χ4v) is 2.14. The molecule has 0 spiro atoms. The Bertz CT molecular complexity index is 325. The van der Waals surface area contributed by atoms with Crippen molar-refractivity contribution in [2.24, 2.45) is 0 Å². The van der Waals surface area contributed by atoms with Crippen molar-refractivity contribution in [2.75, 3.05) is 33.3 Å². The summed E-state index contributed by atoms with van der Waals surface area (Å²) in [5, 5.41) is 8.55. The van der Waals surface area contributed by atoms with Gasteiger partial charge in [0, 0.05) is 26.2 Å². The molecule has 0 aliphatic carbocycles. The zero-order valence-electron chi connectivity index (χ0n) is 12.7. The van der Waals surface area contributed by atoms with Gasteiger partial charge in [0.15, 0.2) is 0 Å². The quantitative estimate of drug-likeness (QED) is 0.750. The number of likely N-dealkylation sites (N-methyl/N-ethyl adjacent to an activating group) is 1. The smallest absolute Gasteiger partial charge is 0.305 e. The van der Waals surface area contributed by atoms with E-state index < -0.39 is 5.97 Å². The van der Waals surface area contributed by atoms with E-state index in [0.29, 0.717) is 6.54 Å². The minimum absolute atomic E-state index is 0.0535. The predicted molar refractivity (Wildman–Crippen MR) is 75.6 cm³/mol. The number of piperidine rings is 1. The summed E-state index contributed by atoms with van der Waals surface area (Å²) in [7, 11) is 1.83. The van der Waals surface area contributed by atoms with Crippen LogP contribution < -0.4 is 0 Å². The van der Waals surface area contributed by atoms with Gasteiger partial charge >= 0.3 is 5.97 Å². The number of aliphatic carboxylic acids is 1. The molecule has 116 valence electrons. The number of likely N-dealkylation sites (tertiary alicyclic amines) is 1. The maximum absolute atomic E-state index is 12.0. The Morgan fingerprint density at radius 3 is 2.45 bits per heavy atom. The second-order valence-corrected chi connectivity index (χ2v) is 5.59. The highest BCUT2D eigenvalue weighted by molar-refractivity contribution is 5.78. The first-order chi connectivity index (χ1) is 9.40. The summed E-state index contributed by atoms with van der Waals surface area (Å²) >= 11 is 0. The first kappa shape index (κ1) is 16.9. The van der Waals surface area contributed by atoms with E-state index in [2.05, 4.69) is 4.90 Å². The monoisotopic (exact) mass is 286 g/mol. The number of ether oxygens (including phenoxy) is 1. The van der Waals surface area contributed by atoms with E-state index in [4.69, 9.17) is 9.84 Å². The van der Waals surface area contributed by atoms with Crippen molar-refractivity contribution in [2.45, 2.75) is 45.3 Å². The molecule has 0 radical (unpaired) electrons. The summed E-state index contributed by atoms with van der Waals surface area (Å²) in [5.41, 5.74) is 0. The lowest BCUT2D eigenvalue weighted by Crippen LogP contribution is -2.45. The lowest BCUT2D eigenvalue weighted by molar-refractivity contribution is -0.139. The van der Waals surface area contributed by atoms with E-state index in [0.717, 1.165) is 25.9 Å². The molecule has 0 saturated carbocycles. The molecular formula is C14H26N2O4. The van der Waals surface area contributed by atoms with Crippen LogP contribution in [0.3, 0.4) is 0 Å². The van der Waals surface area contributed by atoms with Crippen LogP contribution in [0.25, 0.3) is 0 Å². The van der Waals surface area contributed by atoms with Crippen LogP contribution in [0.1, 0.15) is 33.1 Å². The van der Waals surface area contributed by atoms with Gasteiger partial charge in [-0.2, -0.15) is 0 Å². The molecule has 6 heteroatoms. The standard InChI is InChI=1S/C14H26N2O4/c1-11(2)15(3)13(17)10-16-7-4-12(5-8-16)20-9-6-14(18)19/h11-12H,4-10H2,1-3H3,(H,18,19). The number of amides is 1. The first-order valence-electron chi connectivity index (χ1n) is 7.21. The van der Waals surface area contributed by atoms with E-state index in [9.17, 15) is 9.59 Å². The summed E-state index contributed by atoms with van der Waals surface area (Å²) in [6, 6.07) is 0.222. The Hall–Kier alpha value is -1.14. The zero-order valence-corrected chi connectivity index (χ0v) is 12.7. The SMILES string of the molecule is CC(C)N(C)C(=O)CN1CCC(OCCC(=O)O)CC1. The van der Waals surface area contributed by atoms with E-state index in [1.54, 1.807) is 4.90 Å². The molecule has 1 amide bonds. The summed E-state index contributed by atoms with van der Waals surface area (Å²) in [5.74, 6) is -0.685. The molecule has 0 aromatic carbocycles. The van der Waals surface area contributed by atoms with Crippen molar-refractivity contribution in [3.05, 3.63) is 0 Å². The van der Waals surface area contributed by atoms with Gasteiger partial charge in [0.05, 0.1) is 25.7 Å². The maximum atomic E-state index is 12.0. The number of hydrogen-bond acceptors (Lipinski definition) is 4. The molecule has 1 N–H and O–H groups in total. The molecule has 1 aliphatic rings. The van der Waals surface area contributed by atoms with Crippen molar-refractivity contribution in [1.29, 1.82) is 0 Å². The van der Waals surface area contributed by atoms with Crippen LogP contribution in [-0.4, -0.2) is 72.2 Å². The summed E-state index contributed by atoms with van der Waals surface area (Å²) in [6.07, 6.45) is 1.90. The molecule has 1 fully saturated rings. The molecule has 1 saturated heterocycles. The highest BCUT2D eigenvalue weighted by Crippen LogP contribution is 2.14. The van der Waals surface area contributed by atoms with Crippen LogP contribution >= 0.6 is 0 Å². The Balaban J connectivity index is 2.22. The zero-order chi connectivity index (χ0) is 15.1. The van der Waals surface area contributed by atoms with Gasteiger partial charge in [-0.25, -0.2) is 0 Å². The third-order valence-electron chi connectivity index (χ3n) is 3.73. The third-order valence-corrected chi connectivity index (χ3v) is 3.73. The highest BCUT2D eigenvalue weighted by Gasteiger charge is 2.23. The highest BCUT2D eigenvalue weighted by atomic mass is 16.5. The number of carboxylic acid groups (broad SMARTS) is 1. The Morgan fingerprint density at radius 2 is 1.95 bits per heavy atom. The van der Waals surface area contributed by atoms with Crippen LogP contribution in [0.4, 0.5) is 0 Å². The molecule has 1 aliphatic heterocycles. The number of hydrogen-bond donors (Lipinski definition) is 1. The molecule has 1 heterocycles. The van der Waals surface area contributed by atoms with Crippen molar-refractivity contribution in [1.82, 2.24) is 9.80 Å². The van der Waals surface area contributed by atoms with Gasteiger partial charge < -0.3 is 14.7 Å². The average molecular weight is 286 g/mol. The van der Waals surface area contributed by atoms with Crippen molar-refractivity contribution in [3.8, 4) is 0 Å². The predicted octanol–water partition coefficient (Wildman–Crippen LogP) is 0.809. The Kier molecular flexibility index (Phi) is 6.95. The van der Waals surface area contributed by atoms with Crippen LogP contribution in [0, 0.1) is 0 Å². The summed E-state index contributed by atoms with van der Waals surface area (Å²) in [6.45, 7) is 6.39. The Morgan fingerprint density at radius 1 is 1.35 bits per heavy atom. The minimum Gasteiger partial charge on any atom is -0.481 e. The molecule has 6 nitrogen and oxygen atoms in total. The van der Waals surface area contributed by atoms with Gasteiger partial charge in [0.2, 0.25) is 5.91 Å². The molecule has 20 heavy (non-hydrogen) atoms. The topological polar surface area (TPSA) is 70.1 Å². The number of carboxylic acids is 1. The average Bonchev–Trinajstić information content (AvgIpc) is 2.39. The van der Waals surface area contributed by atoms with Gasteiger partial charge in [-0.15, -0.1) is 0 Å². The number of rotatable bonds is 7. The van der Waals surface area contributed by atoms with Crippen molar-refractivity contribution >= 4 is 11.9 Å². The molecule has 0 atom stereocenters. The van der Waals surface area contributed by atoms with Crippen LogP contribution in [0.15, 0.2) is 0 Å². The van der Waals surface area contributed by atoms with Gasteiger partial charge in [-0.3, -0.25) is 14.5 Å². The molecule has 0 bridgehead atoms. The maximum Gasteiger partial charge on any atom is 0.305 e. The van der Waals surface area contributed by atoms with Gasteiger partial charge in [-0.05, 0) is 26.7 Å². The van der Waals surface area contributed by atoms with Crippen LogP contribution in [0.5, 0.6) is 0 Å². The second-order valence-electron chi connectivity index (χ2n) is 5.59. The van der Waals surface area contributed by atoms with E-state index >= 15 is 0 Å². The van der Waals surface area contributed by atoms with E-state index in [1.165, 1.54) is 0 Å². The van der Waals surface area contributed by atoms with Gasteiger partial charge in [-0.1, -0.05) is 0 Å². The molecule has 0 aromatic rings. The van der Waals surface area contributed by atoms with Crippen molar-refractivity contribution < 1.29 is 19.4 Å². The van der Waals surface area contributed by atoms with Gasteiger partial charge in [0.25, 0.3) is 0 Å². The fourth-order valence-electron chi connectivity index (χ4n) is 2.14. The largest absolute Gasteiger partial charge is 0.481 e. The van der Waals surface area contributed by atoms with E-state index in [1.807, 2.05) is 20.9 Å². The lowest BCUT2D eigenvalue weighted by atomic mass is 10.1. The van der Waals surface area contributed by atoms with Crippen LogP contribution in [0.2, 0.25) is 0 Å². The fraction of sp³-hybridized carbons (Fsp3) is 0.857. The molecule has 1 rings (SSSR count).